The molecule has 0 saturated heterocycles. The second-order valence-corrected chi connectivity index (χ2v) is 13.7. The summed E-state index contributed by atoms with van der Waals surface area (Å²) in [5.74, 6) is 1.26. The molecule has 1 unspecified atom stereocenters. The summed E-state index contributed by atoms with van der Waals surface area (Å²) >= 11 is 0. The Bertz CT molecular complexity index is 3130. The molecule has 1 aliphatic heterocycles. The lowest BCUT2D eigenvalue weighted by Crippen LogP contribution is -2.16. The molecule has 0 N–H and O–H groups in total. The van der Waals surface area contributed by atoms with Gasteiger partial charge in [0.05, 0.1) is 17.7 Å². The van der Waals surface area contributed by atoms with Crippen molar-refractivity contribution in [2.45, 2.75) is 6.17 Å². The molecule has 0 saturated carbocycles. The van der Waals surface area contributed by atoms with E-state index in [0.717, 1.165) is 88.4 Å². The van der Waals surface area contributed by atoms with E-state index in [-0.39, 0.29) is 0 Å². The van der Waals surface area contributed by atoms with Crippen LogP contribution in [0.15, 0.2) is 201 Å². The molecule has 1 aliphatic rings. The van der Waals surface area contributed by atoms with Gasteiger partial charge in [-0.25, -0.2) is 0 Å². The lowest BCUT2D eigenvalue weighted by Gasteiger charge is -2.32. The summed E-state index contributed by atoms with van der Waals surface area (Å²) in [5.41, 5.74) is 9.13. The molecule has 55 heavy (non-hydrogen) atoms. The maximum absolute atomic E-state index is 6.80. The van der Waals surface area contributed by atoms with Gasteiger partial charge in [-0.2, -0.15) is 0 Å². The first kappa shape index (κ1) is 31.1. The second kappa shape index (κ2) is 12.6. The number of amidine groups is 2. The molecule has 6 heteroatoms. The number of nitrogens with zero attached hydrogens (tertiary/aromatic N) is 4. The van der Waals surface area contributed by atoms with Gasteiger partial charge in [0.15, 0.2) is 0 Å². The Morgan fingerprint density at radius 2 is 1.16 bits per heavy atom. The van der Waals surface area contributed by atoms with Crippen molar-refractivity contribution in [2.24, 2.45) is 9.98 Å². The SMILES string of the molecule is c1ccc(C2=NC(c3cccc4oc5c6ccccc6c(N(c6ccccc6)c6ccc7c(c6)oc6ccccc67)cc5c34)=NC(c3ccccc3)[N-]2)cc1. The molecule has 10 aromatic rings. The van der Waals surface area contributed by atoms with E-state index in [2.05, 4.69) is 108 Å². The molecule has 8 aromatic carbocycles. The van der Waals surface area contributed by atoms with E-state index in [1.165, 1.54) is 0 Å². The van der Waals surface area contributed by atoms with Crippen molar-refractivity contribution >= 4 is 83.4 Å². The Balaban J connectivity index is 1.17. The van der Waals surface area contributed by atoms with Crippen LogP contribution < -0.4 is 4.90 Å². The number of hydrogen-bond acceptors (Lipinski definition) is 5. The van der Waals surface area contributed by atoms with Crippen LogP contribution in [0.25, 0.3) is 60.0 Å². The zero-order valence-corrected chi connectivity index (χ0v) is 29.5. The predicted octanol–water partition coefficient (Wildman–Crippen LogP) is 13.4. The maximum Gasteiger partial charge on any atom is 0.143 e. The highest BCUT2D eigenvalue weighted by Gasteiger charge is 2.23. The van der Waals surface area contributed by atoms with E-state index in [4.69, 9.17) is 24.1 Å². The highest BCUT2D eigenvalue weighted by atomic mass is 16.3. The van der Waals surface area contributed by atoms with Gasteiger partial charge in [-0.1, -0.05) is 139 Å². The molecule has 0 aliphatic carbocycles. The van der Waals surface area contributed by atoms with E-state index in [1.54, 1.807) is 0 Å². The van der Waals surface area contributed by atoms with Crippen molar-refractivity contribution in [2.75, 3.05) is 4.90 Å². The molecule has 6 nitrogen and oxygen atoms in total. The Morgan fingerprint density at radius 1 is 0.491 bits per heavy atom. The topological polar surface area (TPSA) is 68.3 Å². The number of hydrogen-bond donors (Lipinski definition) is 0. The predicted molar refractivity (Wildman–Crippen MR) is 225 cm³/mol. The van der Waals surface area contributed by atoms with Crippen molar-refractivity contribution in [3.8, 4) is 0 Å². The standard InChI is InChI=1S/C49H31N4O2/c1-4-15-31(16-5-1)47-50-48(32-17-6-2-7-18-32)52-49(51-47)39-24-14-26-43-45(39)40-30-41(35-21-10-11-23-38(35)46(40)55-43)53(33-19-8-3-9-20-33)34-27-28-37-36-22-12-13-25-42(36)54-44(37)29-34/h1-30,47H/q-1. The summed E-state index contributed by atoms with van der Waals surface area (Å²) < 4.78 is 13.2. The number of aliphatic imine (C=N–C) groups is 2. The van der Waals surface area contributed by atoms with E-state index >= 15 is 0 Å². The van der Waals surface area contributed by atoms with Gasteiger partial charge in [0.2, 0.25) is 0 Å². The Kier molecular flexibility index (Phi) is 7.13. The molecule has 0 bridgehead atoms. The molecule has 11 rings (SSSR count). The van der Waals surface area contributed by atoms with Gasteiger partial charge < -0.3 is 24.0 Å². The molecule has 0 spiro atoms. The lowest BCUT2D eigenvalue weighted by molar-refractivity contribution is 0.669. The number of anilines is 3. The molecular weight excluding hydrogens is 677 g/mol. The quantitative estimate of drug-likeness (QED) is 0.173. The molecular formula is C49H31N4O2-. The van der Waals surface area contributed by atoms with E-state index in [9.17, 15) is 0 Å². The monoisotopic (exact) mass is 707 g/mol. The fourth-order valence-corrected chi connectivity index (χ4v) is 7.91. The van der Waals surface area contributed by atoms with Crippen molar-refractivity contribution in [1.29, 1.82) is 0 Å². The summed E-state index contributed by atoms with van der Waals surface area (Å²) in [6.45, 7) is 0. The summed E-state index contributed by atoms with van der Waals surface area (Å²) in [5, 5.41) is 11.2. The molecule has 2 aromatic heterocycles. The van der Waals surface area contributed by atoms with Gasteiger partial charge in [0.1, 0.15) is 22.3 Å². The number of rotatable bonds is 6. The van der Waals surface area contributed by atoms with Crippen LogP contribution in [0.1, 0.15) is 22.9 Å². The van der Waals surface area contributed by atoms with Crippen molar-refractivity contribution in [3.05, 3.63) is 204 Å². The van der Waals surface area contributed by atoms with Crippen LogP contribution in [0.3, 0.4) is 0 Å². The van der Waals surface area contributed by atoms with Crippen molar-refractivity contribution < 1.29 is 8.83 Å². The van der Waals surface area contributed by atoms with Crippen LogP contribution in [0, 0.1) is 0 Å². The minimum atomic E-state index is -0.449. The molecule has 0 fully saturated rings. The molecule has 3 heterocycles. The van der Waals surface area contributed by atoms with Gasteiger partial charge >= 0.3 is 0 Å². The van der Waals surface area contributed by atoms with Crippen LogP contribution >= 0.6 is 0 Å². The average molecular weight is 708 g/mol. The van der Waals surface area contributed by atoms with Crippen molar-refractivity contribution in [3.63, 3.8) is 0 Å². The third-order valence-corrected chi connectivity index (χ3v) is 10.4. The summed E-state index contributed by atoms with van der Waals surface area (Å²) in [7, 11) is 0. The Hall–Kier alpha value is -7.44. The second-order valence-electron chi connectivity index (χ2n) is 13.7. The smallest absolute Gasteiger partial charge is 0.143 e. The number of benzene rings is 8. The van der Waals surface area contributed by atoms with Crippen LogP contribution in [-0.2, 0) is 0 Å². The molecule has 260 valence electrons. The van der Waals surface area contributed by atoms with Gasteiger partial charge in [-0.05, 0) is 53.6 Å². The van der Waals surface area contributed by atoms with Crippen LogP contribution in [0.2, 0.25) is 0 Å². The third-order valence-electron chi connectivity index (χ3n) is 10.4. The Labute approximate surface area is 316 Å². The first-order valence-corrected chi connectivity index (χ1v) is 18.4. The van der Waals surface area contributed by atoms with Crippen LogP contribution in [-0.4, -0.2) is 11.7 Å². The first-order chi connectivity index (χ1) is 27.3. The fraction of sp³-hybridized carbons (Fsp3) is 0.0204. The number of fused-ring (bicyclic) bond motifs is 8. The van der Waals surface area contributed by atoms with Gasteiger partial charge in [0, 0.05) is 55.3 Å². The van der Waals surface area contributed by atoms with Crippen LogP contribution in [0.4, 0.5) is 17.1 Å². The van der Waals surface area contributed by atoms with E-state index in [0.29, 0.717) is 11.7 Å². The molecule has 0 radical (unpaired) electrons. The first-order valence-electron chi connectivity index (χ1n) is 18.4. The fourth-order valence-electron chi connectivity index (χ4n) is 7.91. The number of furan rings is 2. The zero-order valence-electron chi connectivity index (χ0n) is 29.5. The Morgan fingerprint density at radius 3 is 1.98 bits per heavy atom. The minimum absolute atomic E-state index is 0.449. The van der Waals surface area contributed by atoms with E-state index in [1.807, 2.05) is 78.9 Å². The summed E-state index contributed by atoms with van der Waals surface area (Å²) in [6.07, 6.45) is -0.449. The third kappa shape index (κ3) is 5.18. The normalized spacial score (nSPS) is 14.4. The zero-order chi connectivity index (χ0) is 36.3. The summed E-state index contributed by atoms with van der Waals surface area (Å²) in [6, 6.07) is 62.3. The maximum atomic E-state index is 6.80. The molecule has 0 amide bonds. The highest BCUT2D eigenvalue weighted by Crippen LogP contribution is 2.46. The van der Waals surface area contributed by atoms with Gasteiger partial charge in [0.25, 0.3) is 0 Å². The van der Waals surface area contributed by atoms with Crippen LogP contribution in [0.5, 0.6) is 0 Å². The largest absolute Gasteiger partial charge is 0.456 e. The summed E-state index contributed by atoms with van der Waals surface area (Å²) in [4.78, 5) is 12.6. The minimum Gasteiger partial charge on any atom is -0.456 e. The van der Waals surface area contributed by atoms with E-state index < -0.39 is 6.17 Å². The van der Waals surface area contributed by atoms with Gasteiger partial charge in [-0.3, -0.25) is 4.99 Å². The highest BCUT2D eigenvalue weighted by molar-refractivity contribution is 6.27. The number of para-hydroxylation sites is 2. The lowest BCUT2D eigenvalue weighted by atomic mass is 9.99. The van der Waals surface area contributed by atoms with Crippen molar-refractivity contribution in [1.82, 2.24) is 0 Å². The van der Waals surface area contributed by atoms with Gasteiger partial charge in [-0.15, -0.1) is 0 Å². The molecule has 1 atom stereocenters. The average Bonchev–Trinajstić information content (AvgIpc) is 3.83.